The number of amidine groups is 1. The van der Waals surface area contributed by atoms with Crippen LogP contribution in [-0.4, -0.2) is 20.8 Å². The van der Waals surface area contributed by atoms with Crippen LogP contribution in [0.3, 0.4) is 0 Å². The summed E-state index contributed by atoms with van der Waals surface area (Å²) in [6.45, 7) is 2.34. The SMILES string of the molecule is Cc1nn(Cc2ccc(/C(N)=N/O)cc2Cl)cc1Cl. The van der Waals surface area contributed by atoms with E-state index >= 15 is 0 Å². The van der Waals surface area contributed by atoms with Crippen molar-refractivity contribution in [3.8, 4) is 0 Å². The number of nitrogens with zero attached hydrogens (tertiary/aromatic N) is 3. The Labute approximate surface area is 120 Å². The molecular formula is C12H12Cl2N4O. The highest BCUT2D eigenvalue weighted by Gasteiger charge is 2.08. The van der Waals surface area contributed by atoms with Gasteiger partial charge in [-0.1, -0.05) is 40.5 Å². The van der Waals surface area contributed by atoms with Crippen LogP contribution >= 0.6 is 23.2 Å². The summed E-state index contributed by atoms with van der Waals surface area (Å²) in [5, 5.41) is 16.9. The summed E-state index contributed by atoms with van der Waals surface area (Å²) in [7, 11) is 0. The second kappa shape index (κ2) is 5.50. The minimum Gasteiger partial charge on any atom is -0.409 e. The van der Waals surface area contributed by atoms with E-state index in [1.807, 2.05) is 6.92 Å². The molecule has 0 bridgehead atoms. The molecule has 0 aliphatic heterocycles. The Morgan fingerprint density at radius 3 is 2.68 bits per heavy atom. The Bertz CT molecular complexity index is 617. The summed E-state index contributed by atoms with van der Waals surface area (Å²) < 4.78 is 1.71. The van der Waals surface area contributed by atoms with Crippen molar-refractivity contribution in [1.29, 1.82) is 0 Å². The molecule has 0 aliphatic rings. The van der Waals surface area contributed by atoms with Crippen molar-refractivity contribution in [3.05, 3.63) is 51.3 Å². The summed E-state index contributed by atoms with van der Waals surface area (Å²) in [5.74, 6) is 0.0198. The number of hydrogen-bond donors (Lipinski definition) is 2. The lowest BCUT2D eigenvalue weighted by Gasteiger charge is -2.06. The lowest BCUT2D eigenvalue weighted by atomic mass is 10.1. The molecule has 0 saturated carbocycles. The van der Waals surface area contributed by atoms with Crippen molar-refractivity contribution >= 4 is 29.0 Å². The van der Waals surface area contributed by atoms with Crippen LogP contribution in [0, 0.1) is 6.92 Å². The number of hydrogen-bond acceptors (Lipinski definition) is 3. The number of nitrogens with two attached hydrogens (primary N) is 1. The molecule has 7 heteroatoms. The Balaban J connectivity index is 2.26. The van der Waals surface area contributed by atoms with Gasteiger partial charge in [0, 0.05) is 16.8 Å². The van der Waals surface area contributed by atoms with Gasteiger partial charge in [0.1, 0.15) is 0 Å². The van der Waals surface area contributed by atoms with Crippen molar-refractivity contribution < 1.29 is 5.21 Å². The van der Waals surface area contributed by atoms with E-state index in [-0.39, 0.29) is 5.84 Å². The largest absolute Gasteiger partial charge is 0.409 e. The zero-order valence-electron chi connectivity index (χ0n) is 10.1. The Kier molecular flexibility index (Phi) is 3.97. The minimum atomic E-state index is 0.0198. The zero-order chi connectivity index (χ0) is 14.0. The number of rotatable bonds is 3. The summed E-state index contributed by atoms with van der Waals surface area (Å²) >= 11 is 12.1. The summed E-state index contributed by atoms with van der Waals surface area (Å²) in [5.41, 5.74) is 7.70. The molecule has 100 valence electrons. The molecule has 2 rings (SSSR count). The Hall–Kier alpha value is -1.72. The Morgan fingerprint density at radius 1 is 1.42 bits per heavy atom. The third-order valence-electron chi connectivity index (χ3n) is 2.68. The lowest BCUT2D eigenvalue weighted by Crippen LogP contribution is -2.13. The lowest BCUT2D eigenvalue weighted by molar-refractivity contribution is 0.318. The molecule has 1 aromatic heterocycles. The highest BCUT2D eigenvalue weighted by Crippen LogP contribution is 2.20. The van der Waals surface area contributed by atoms with Crippen LogP contribution in [-0.2, 0) is 6.54 Å². The molecule has 1 heterocycles. The van der Waals surface area contributed by atoms with Crippen molar-refractivity contribution in [2.75, 3.05) is 0 Å². The zero-order valence-corrected chi connectivity index (χ0v) is 11.7. The number of aryl methyl sites for hydroxylation is 1. The van der Waals surface area contributed by atoms with Crippen LogP contribution in [0.15, 0.2) is 29.6 Å². The van der Waals surface area contributed by atoms with Crippen LogP contribution < -0.4 is 5.73 Å². The highest BCUT2D eigenvalue weighted by atomic mass is 35.5. The van der Waals surface area contributed by atoms with Crippen LogP contribution in [0.4, 0.5) is 0 Å². The smallest absolute Gasteiger partial charge is 0.170 e. The summed E-state index contributed by atoms with van der Waals surface area (Å²) in [6, 6.07) is 5.18. The second-order valence-corrected chi connectivity index (χ2v) is 4.87. The highest BCUT2D eigenvalue weighted by molar-refractivity contribution is 6.32. The fourth-order valence-corrected chi connectivity index (χ4v) is 2.03. The van der Waals surface area contributed by atoms with Gasteiger partial charge in [0.25, 0.3) is 0 Å². The number of aromatic nitrogens is 2. The maximum atomic E-state index is 8.61. The minimum absolute atomic E-state index is 0.0198. The molecule has 0 amide bonds. The predicted molar refractivity (Wildman–Crippen MR) is 75.0 cm³/mol. The van der Waals surface area contributed by atoms with E-state index in [2.05, 4.69) is 10.3 Å². The van der Waals surface area contributed by atoms with Crippen molar-refractivity contribution in [2.24, 2.45) is 10.9 Å². The molecule has 19 heavy (non-hydrogen) atoms. The molecule has 0 unspecified atom stereocenters. The van der Waals surface area contributed by atoms with Gasteiger partial charge in [0.2, 0.25) is 0 Å². The second-order valence-electron chi connectivity index (χ2n) is 4.05. The van der Waals surface area contributed by atoms with E-state index in [1.54, 1.807) is 29.1 Å². The van der Waals surface area contributed by atoms with Crippen LogP contribution in [0.1, 0.15) is 16.8 Å². The number of oxime groups is 1. The monoisotopic (exact) mass is 298 g/mol. The maximum Gasteiger partial charge on any atom is 0.170 e. The van der Waals surface area contributed by atoms with Gasteiger partial charge in [-0.2, -0.15) is 5.10 Å². The fraction of sp³-hybridized carbons (Fsp3) is 0.167. The third-order valence-corrected chi connectivity index (χ3v) is 3.40. The van der Waals surface area contributed by atoms with Gasteiger partial charge in [-0.3, -0.25) is 4.68 Å². The molecular weight excluding hydrogens is 287 g/mol. The average molecular weight is 299 g/mol. The molecule has 0 atom stereocenters. The van der Waals surface area contributed by atoms with Gasteiger partial charge >= 0.3 is 0 Å². The summed E-state index contributed by atoms with van der Waals surface area (Å²) in [4.78, 5) is 0. The first-order valence-electron chi connectivity index (χ1n) is 5.47. The molecule has 0 radical (unpaired) electrons. The quantitative estimate of drug-likeness (QED) is 0.396. The van der Waals surface area contributed by atoms with Crippen molar-refractivity contribution in [3.63, 3.8) is 0 Å². The maximum absolute atomic E-state index is 8.61. The van der Waals surface area contributed by atoms with Gasteiger partial charge in [0.05, 0.1) is 17.3 Å². The molecule has 0 aliphatic carbocycles. The van der Waals surface area contributed by atoms with E-state index in [9.17, 15) is 0 Å². The number of halogens is 2. The standard InChI is InChI=1S/C12H12Cl2N4O/c1-7-11(14)6-18(16-7)5-9-3-2-8(4-10(9)13)12(15)17-19/h2-4,6,19H,5H2,1H3,(H2,15,17). The molecule has 5 nitrogen and oxygen atoms in total. The van der Waals surface area contributed by atoms with Gasteiger partial charge in [0.15, 0.2) is 5.84 Å². The molecule has 1 aromatic carbocycles. The van der Waals surface area contributed by atoms with E-state index < -0.39 is 0 Å². The Morgan fingerprint density at radius 2 is 2.16 bits per heavy atom. The topological polar surface area (TPSA) is 76.4 Å². The van der Waals surface area contributed by atoms with Crippen LogP contribution in [0.2, 0.25) is 10.0 Å². The molecule has 2 aromatic rings. The molecule has 0 fully saturated rings. The van der Waals surface area contributed by atoms with Gasteiger partial charge < -0.3 is 10.9 Å². The van der Waals surface area contributed by atoms with E-state index in [1.165, 1.54) is 0 Å². The summed E-state index contributed by atoms with van der Waals surface area (Å²) in [6.07, 6.45) is 1.74. The average Bonchev–Trinajstić information content (AvgIpc) is 2.70. The van der Waals surface area contributed by atoms with Gasteiger partial charge in [-0.25, -0.2) is 0 Å². The van der Waals surface area contributed by atoms with Crippen molar-refractivity contribution in [2.45, 2.75) is 13.5 Å². The predicted octanol–water partition coefficient (Wildman–Crippen LogP) is 2.64. The normalized spacial score (nSPS) is 11.8. The first-order chi connectivity index (χ1) is 9.01. The van der Waals surface area contributed by atoms with E-state index in [0.717, 1.165) is 11.3 Å². The molecule has 0 spiro atoms. The number of benzene rings is 1. The van der Waals surface area contributed by atoms with E-state index in [0.29, 0.717) is 22.2 Å². The fourth-order valence-electron chi connectivity index (χ4n) is 1.64. The first-order valence-corrected chi connectivity index (χ1v) is 6.22. The first kappa shape index (κ1) is 13.7. The third kappa shape index (κ3) is 3.00. The molecule has 0 saturated heterocycles. The van der Waals surface area contributed by atoms with Gasteiger partial charge in [-0.15, -0.1) is 0 Å². The van der Waals surface area contributed by atoms with Crippen LogP contribution in [0.25, 0.3) is 0 Å². The van der Waals surface area contributed by atoms with E-state index in [4.69, 9.17) is 34.1 Å². The van der Waals surface area contributed by atoms with Crippen LogP contribution in [0.5, 0.6) is 0 Å². The van der Waals surface area contributed by atoms with Gasteiger partial charge in [-0.05, 0) is 18.6 Å². The molecule has 3 N–H and O–H groups in total. The van der Waals surface area contributed by atoms with Crippen molar-refractivity contribution in [1.82, 2.24) is 9.78 Å².